The van der Waals surface area contributed by atoms with E-state index in [1.807, 2.05) is 13.8 Å². The number of carbonyl (C=O) groups is 2. The zero-order chi connectivity index (χ0) is 26.2. The van der Waals surface area contributed by atoms with E-state index in [-0.39, 0.29) is 30.6 Å². The molecule has 0 radical (unpaired) electrons. The highest BCUT2D eigenvalue weighted by atomic mass is 35.5. The highest BCUT2D eigenvalue weighted by Gasteiger charge is 2.37. The van der Waals surface area contributed by atoms with E-state index in [4.69, 9.17) is 35.3 Å². The predicted octanol–water partition coefficient (Wildman–Crippen LogP) is 3.00. The third-order valence-electron chi connectivity index (χ3n) is 5.32. The summed E-state index contributed by atoms with van der Waals surface area (Å²) in [4.78, 5) is 29.7. The second kappa shape index (κ2) is 12.8. The molecule has 2 N–H and O–H groups in total. The first-order valence-corrected chi connectivity index (χ1v) is 11.9. The number of amides is 1. The van der Waals surface area contributed by atoms with Gasteiger partial charge in [-0.1, -0.05) is 31.5 Å². The van der Waals surface area contributed by atoms with E-state index in [1.54, 1.807) is 31.2 Å². The van der Waals surface area contributed by atoms with Crippen molar-refractivity contribution in [1.29, 1.82) is 0 Å². The van der Waals surface area contributed by atoms with Gasteiger partial charge in [0.25, 0.3) is 5.91 Å². The number of halogens is 1. The van der Waals surface area contributed by atoms with Gasteiger partial charge in [-0.05, 0) is 31.0 Å². The van der Waals surface area contributed by atoms with Gasteiger partial charge in [0, 0.05) is 23.9 Å². The van der Waals surface area contributed by atoms with Crippen molar-refractivity contribution in [2.45, 2.75) is 45.1 Å². The molecule has 196 valence electrons. The smallest absolute Gasteiger partial charge is 0.331 e. The minimum Gasteiger partial charge on any atom is -0.503 e. The van der Waals surface area contributed by atoms with Crippen LogP contribution in [0.5, 0.6) is 17.2 Å². The number of aromatic nitrogens is 1. The van der Waals surface area contributed by atoms with Crippen LogP contribution in [0.15, 0.2) is 36.5 Å². The Kier molecular flexibility index (Phi) is 9.74. The van der Waals surface area contributed by atoms with Crippen molar-refractivity contribution >= 4 is 23.5 Å². The van der Waals surface area contributed by atoms with Gasteiger partial charge in [0.1, 0.15) is 18.0 Å². The van der Waals surface area contributed by atoms with Crippen LogP contribution >= 0.6 is 11.6 Å². The third-order valence-corrected chi connectivity index (χ3v) is 5.56. The Hall–Kier alpha value is -3.08. The number of hydrogen-bond acceptors (Lipinski definition) is 9. The summed E-state index contributed by atoms with van der Waals surface area (Å²) in [6, 6.07) is 7.10. The highest BCUT2D eigenvalue weighted by molar-refractivity contribution is 6.30. The second-order valence-corrected chi connectivity index (χ2v) is 9.16. The van der Waals surface area contributed by atoms with E-state index in [1.165, 1.54) is 19.4 Å². The molecule has 36 heavy (non-hydrogen) atoms. The van der Waals surface area contributed by atoms with Crippen LogP contribution in [0, 0.1) is 5.92 Å². The number of rotatable bonds is 8. The lowest BCUT2D eigenvalue weighted by Crippen LogP contribution is -2.48. The SMILES string of the molecule is COc1ccnc(C(=O)NC2COCC(OCC(C)C)C(Oc3cccc(Cl)c3)C(C)OC2=O)c1O. The summed E-state index contributed by atoms with van der Waals surface area (Å²) in [5.74, 6) is -1.16. The van der Waals surface area contributed by atoms with Gasteiger partial charge in [-0.3, -0.25) is 4.79 Å². The topological polar surface area (TPSA) is 125 Å². The molecule has 3 rings (SSSR count). The van der Waals surface area contributed by atoms with E-state index >= 15 is 0 Å². The summed E-state index contributed by atoms with van der Waals surface area (Å²) in [7, 11) is 1.35. The van der Waals surface area contributed by atoms with Crippen LogP contribution in [-0.2, 0) is 19.0 Å². The monoisotopic (exact) mass is 522 g/mol. The third kappa shape index (κ3) is 7.22. The maximum atomic E-state index is 13.0. The fourth-order valence-corrected chi connectivity index (χ4v) is 3.70. The number of esters is 1. The lowest BCUT2D eigenvalue weighted by molar-refractivity contribution is -0.159. The van der Waals surface area contributed by atoms with Gasteiger partial charge >= 0.3 is 5.97 Å². The van der Waals surface area contributed by atoms with Gasteiger partial charge in [-0.2, -0.15) is 0 Å². The van der Waals surface area contributed by atoms with Crippen LogP contribution in [-0.4, -0.2) is 73.3 Å². The first-order chi connectivity index (χ1) is 17.2. The van der Waals surface area contributed by atoms with Crippen LogP contribution in [0.4, 0.5) is 0 Å². The number of carbonyl (C=O) groups excluding carboxylic acids is 2. The first kappa shape index (κ1) is 27.5. The molecule has 1 aromatic heterocycles. The largest absolute Gasteiger partial charge is 0.503 e. The minimum absolute atomic E-state index is 0.0724. The zero-order valence-corrected chi connectivity index (χ0v) is 21.4. The Balaban J connectivity index is 1.79. The number of pyridine rings is 1. The molecule has 0 spiro atoms. The highest BCUT2D eigenvalue weighted by Crippen LogP contribution is 2.28. The number of benzene rings is 1. The van der Waals surface area contributed by atoms with Crippen LogP contribution in [0.25, 0.3) is 0 Å². The normalized spacial score (nSPS) is 22.7. The van der Waals surface area contributed by atoms with Crippen LogP contribution in [0.2, 0.25) is 5.02 Å². The molecule has 0 aliphatic carbocycles. The van der Waals surface area contributed by atoms with Gasteiger partial charge in [0.2, 0.25) is 0 Å². The molecule has 4 unspecified atom stereocenters. The molecule has 11 heteroatoms. The average Bonchev–Trinajstić information content (AvgIpc) is 2.88. The summed E-state index contributed by atoms with van der Waals surface area (Å²) in [5, 5.41) is 13.2. The summed E-state index contributed by atoms with van der Waals surface area (Å²) in [5.41, 5.74) is -0.296. The van der Waals surface area contributed by atoms with Crippen molar-refractivity contribution in [2.75, 3.05) is 26.9 Å². The molecule has 1 amide bonds. The molecule has 2 aromatic rings. The number of hydrogen-bond donors (Lipinski definition) is 2. The molecule has 1 fully saturated rings. The van der Waals surface area contributed by atoms with Crippen molar-refractivity contribution in [3.05, 3.63) is 47.2 Å². The van der Waals surface area contributed by atoms with E-state index in [0.29, 0.717) is 17.4 Å². The van der Waals surface area contributed by atoms with Crippen LogP contribution < -0.4 is 14.8 Å². The maximum absolute atomic E-state index is 13.0. The van der Waals surface area contributed by atoms with Crippen molar-refractivity contribution in [2.24, 2.45) is 5.92 Å². The quantitative estimate of drug-likeness (QED) is 0.503. The number of cyclic esters (lactones) is 1. The Bertz CT molecular complexity index is 1050. The standard InChI is InChI=1S/C25H31ClN2O8/c1-14(2)11-34-20-13-33-12-18(28-24(30)21-22(29)19(32-4)8-9-27-21)25(31)35-15(3)23(20)36-17-7-5-6-16(26)10-17/h5-10,14-15,18,20,23,29H,11-13H2,1-4H3,(H,28,30). The summed E-state index contributed by atoms with van der Waals surface area (Å²) in [6.45, 7) is 6.03. The molecule has 1 aliphatic heterocycles. The van der Waals surface area contributed by atoms with Gasteiger partial charge in [0.15, 0.2) is 29.3 Å². The Morgan fingerprint density at radius 1 is 1.31 bits per heavy atom. The van der Waals surface area contributed by atoms with Gasteiger partial charge in [-0.15, -0.1) is 0 Å². The van der Waals surface area contributed by atoms with E-state index in [0.717, 1.165) is 0 Å². The Morgan fingerprint density at radius 2 is 2.08 bits per heavy atom. The lowest BCUT2D eigenvalue weighted by Gasteiger charge is -2.31. The maximum Gasteiger partial charge on any atom is 0.331 e. The molecule has 4 atom stereocenters. The fourth-order valence-electron chi connectivity index (χ4n) is 3.52. The molecular weight excluding hydrogens is 492 g/mol. The number of nitrogens with zero attached hydrogens (tertiary/aromatic N) is 1. The zero-order valence-electron chi connectivity index (χ0n) is 20.6. The number of ether oxygens (including phenoxy) is 5. The van der Waals surface area contributed by atoms with E-state index in [2.05, 4.69) is 10.3 Å². The molecule has 1 saturated heterocycles. The molecular formula is C25H31ClN2O8. The summed E-state index contributed by atoms with van der Waals surface area (Å²) >= 11 is 6.10. The number of nitrogens with one attached hydrogen (secondary N) is 1. The van der Waals surface area contributed by atoms with Crippen molar-refractivity contribution in [3.8, 4) is 17.2 Å². The average molecular weight is 523 g/mol. The summed E-state index contributed by atoms with van der Waals surface area (Å²) < 4.78 is 28.7. The predicted molar refractivity (Wildman–Crippen MR) is 131 cm³/mol. The second-order valence-electron chi connectivity index (χ2n) is 8.72. The molecule has 10 nitrogen and oxygen atoms in total. The Morgan fingerprint density at radius 3 is 2.78 bits per heavy atom. The van der Waals surface area contributed by atoms with Crippen LogP contribution in [0.3, 0.4) is 0 Å². The lowest BCUT2D eigenvalue weighted by atomic mass is 10.1. The van der Waals surface area contributed by atoms with Gasteiger partial charge in [-0.25, -0.2) is 9.78 Å². The molecule has 1 aromatic carbocycles. The molecule has 0 bridgehead atoms. The summed E-state index contributed by atoms with van der Waals surface area (Å²) in [6.07, 6.45) is -0.752. The van der Waals surface area contributed by atoms with Crippen molar-refractivity contribution in [3.63, 3.8) is 0 Å². The Labute approximate surface area is 214 Å². The minimum atomic E-state index is -1.16. The van der Waals surface area contributed by atoms with E-state index < -0.39 is 42.0 Å². The van der Waals surface area contributed by atoms with Gasteiger partial charge < -0.3 is 34.1 Å². The number of aromatic hydroxyl groups is 1. The van der Waals surface area contributed by atoms with Crippen molar-refractivity contribution in [1.82, 2.24) is 10.3 Å². The fraction of sp³-hybridized carbons (Fsp3) is 0.480. The number of methoxy groups -OCH3 is 1. The van der Waals surface area contributed by atoms with Crippen molar-refractivity contribution < 1.29 is 38.4 Å². The molecule has 0 saturated carbocycles. The van der Waals surface area contributed by atoms with E-state index in [9.17, 15) is 14.7 Å². The first-order valence-electron chi connectivity index (χ1n) is 11.5. The molecule has 1 aliphatic rings. The van der Waals surface area contributed by atoms with Gasteiger partial charge in [0.05, 0.1) is 20.3 Å². The van der Waals surface area contributed by atoms with Crippen LogP contribution in [0.1, 0.15) is 31.3 Å². The molecule has 2 heterocycles.